The molecule has 2 aliphatic rings. The van der Waals surface area contributed by atoms with Crippen LogP contribution in [-0.4, -0.2) is 39.3 Å². The van der Waals surface area contributed by atoms with Crippen LogP contribution in [0.3, 0.4) is 0 Å². The SMILES string of the molecule is CCN1C(=O)[C@@H]2Cc3c([nH]c4ccccc34)[C@@H](c3ccc(Br)s3)N2C1=O. The van der Waals surface area contributed by atoms with E-state index in [2.05, 4.69) is 27.0 Å². The number of H-pyrrole nitrogens is 1. The second kappa shape index (κ2) is 5.69. The fourth-order valence-corrected chi connectivity index (χ4v) is 5.73. The number of urea groups is 1. The number of nitrogens with zero attached hydrogens (tertiary/aromatic N) is 2. The van der Waals surface area contributed by atoms with Gasteiger partial charge in [0.15, 0.2) is 0 Å². The molecule has 0 saturated carbocycles. The van der Waals surface area contributed by atoms with Crippen LogP contribution in [0.2, 0.25) is 0 Å². The number of hydrogen-bond acceptors (Lipinski definition) is 3. The second-order valence-corrected chi connectivity index (χ2v) is 9.09. The lowest BCUT2D eigenvalue weighted by atomic mass is 9.91. The van der Waals surface area contributed by atoms with Crippen molar-refractivity contribution < 1.29 is 9.59 Å². The van der Waals surface area contributed by atoms with Crippen molar-refractivity contribution >= 4 is 50.1 Å². The normalized spacial score (nSPS) is 22.2. The summed E-state index contributed by atoms with van der Waals surface area (Å²) in [6.07, 6.45) is 0.559. The van der Waals surface area contributed by atoms with Crippen LogP contribution in [0.1, 0.15) is 29.1 Å². The molecule has 2 aromatic heterocycles. The van der Waals surface area contributed by atoms with E-state index in [-0.39, 0.29) is 18.0 Å². The van der Waals surface area contributed by atoms with Crippen LogP contribution < -0.4 is 0 Å². The monoisotopic (exact) mass is 429 g/mol. The van der Waals surface area contributed by atoms with Gasteiger partial charge in [0.1, 0.15) is 12.1 Å². The minimum atomic E-state index is -0.431. The van der Waals surface area contributed by atoms with Gasteiger partial charge in [-0.1, -0.05) is 18.2 Å². The van der Waals surface area contributed by atoms with Crippen LogP contribution in [-0.2, 0) is 11.2 Å². The lowest BCUT2D eigenvalue weighted by Gasteiger charge is -2.35. The number of rotatable bonds is 2. The molecule has 2 atom stereocenters. The van der Waals surface area contributed by atoms with Crippen LogP contribution in [0.15, 0.2) is 40.2 Å². The molecule has 0 bridgehead atoms. The molecule has 1 aromatic carbocycles. The van der Waals surface area contributed by atoms with Crippen molar-refractivity contribution in [1.82, 2.24) is 14.8 Å². The largest absolute Gasteiger partial charge is 0.356 e. The number of nitrogens with one attached hydrogen (secondary N) is 1. The van der Waals surface area contributed by atoms with Crippen molar-refractivity contribution in [3.8, 4) is 0 Å². The molecule has 0 radical (unpaired) electrons. The number of likely N-dealkylation sites (N-methyl/N-ethyl adjacent to an activating group) is 1. The molecule has 26 heavy (non-hydrogen) atoms. The average Bonchev–Trinajstić information content (AvgIpc) is 3.29. The Bertz CT molecular complexity index is 1060. The van der Waals surface area contributed by atoms with Gasteiger partial charge in [0.2, 0.25) is 0 Å². The topological polar surface area (TPSA) is 56.4 Å². The van der Waals surface area contributed by atoms with E-state index in [4.69, 9.17) is 0 Å². The summed E-state index contributed by atoms with van der Waals surface area (Å²) in [7, 11) is 0. The van der Waals surface area contributed by atoms with E-state index in [9.17, 15) is 9.59 Å². The maximum Gasteiger partial charge on any atom is 0.328 e. The van der Waals surface area contributed by atoms with Gasteiger partial charge >= 0.3 is 6.03 Å². The van der Waals surface area contributed by atoms with Gasteiger partial charge in [-0.2, -0.15) is 0 Å². The zero-order valence-corrected chi connectivity index (χ0v) is 16.4. The van der Waals surface area contributed by atoms with Crippen LogP contribution in [0, 0.1) is 0 Å². The summed E-state index contributed by atoms with van der Waals surface area (Å²) >= 11 is 5.13. The lowest BCUT2D eigenvalue weighted by molar-refractivity contribution is -0.128. The minimum absolute atomic E-state index is 0.0888. The van der Waals surface area contributed by atoms with Gasteiger partial charge in [-0.15, -0.1) is 11.3 Å². The fraction of sp³-hybridized carbons (Fsp3) is 0.263. The third kappa shape index (κ3) is 2.07. The van der Waals surface area contributed by atoms with Gasteiger partial charge in [0, 0.05) is 34.4 Å². The van der Waals surface area contributed by atoms with E-state index in [0.29, 0.717) is 13.0 Å². The Labute approximate surface area is 162 Å². The third-order valence-corrected chi connectivity index (χ3v) is 6.99. The van der Waals surface area contributed by atoms with Crippen molar-refractivity contribution in [2.75, 3.05) is 6.54 Å². The molecule has 3 amide bonds. The highest BCUT2D eigenvalue weighted by molar-refractivity contribution is 9.11. The first-order chi connectivity index (χ1) is 12.6. The Balaban J connectivity index is 1.76. The standard InChI is InChI=1S/C19H16BrN3O2S/c1-2-22-18(24)13-9-11-10-5-3-4-6-12(10)21-16(11)17(23(13)19(22)25)14-7-8-15(20)26-14/h3-8,13,17,21H,2,9H2,1H3/t13-,17+/m0/s1. The Kier molecular flexibility index (Phi) is 3.52. The van der Waals surface area contributed by atoms with Crippen molar-refractivity contribution in [3.63, 3.8) is 0 Å². The lowest BCUT2D eigenvalue weighted by Crippen LogP contribution is -2.43. The Morgan fingerprint density at radius 3 is 2.77 bits per heavy atom. The molecular weight excluding hydrogens is 414 g/mol. The summed E-state index contributed by atoms with van der Waals surface area (Å²) in [5, 5.41) is 1.14. The molecule has 0 unspecified atom stereocenters. The van der Waals surface area contributed by atoms with Crippen molar-refractivity contribution in [2.45, 2.75) is 25.4 Å². The van der Waals surface area contributed by atoms with E-state index >= 15 is 0 Å². The number of imide groups is 1. The van der Waals surface area contributed by atoms with Crippen molar-refractivity contribution in [1.29, 1.82) is 0 Å². The number of benzene rings is 1. The van der Waals surface area contributed by atoms with Gasteiger partial charge in [-0.3, -0.25) is 14.6 Å². The molecule has 7 heteroatoms. The third-order valence-electron chi connectivity index (χ3n) is 5.31. The smallest absolute Gasteiger partial charge is 0.328 e. The van der Waals surface area contributed by atoms with Crippen LogP contribution in [0.4, 0.5) is 4.79 Å². The van der Waals surface area contributed by atoms with Gasteiger partial charge in [0.25, 0.3) is 5.91 Å². The van der Waals surface area contributed by atoms with E-state index in [1.165, 1.54) is 4.90 Å². The number of aromatic nitrogens is 1. The molecule has 2 aliphatic heterocycles. The van der Waals surface area contributed by atoms with Gasteiger partial charge < -0.3 is 4.98 Å². The maximum atomic E-state index is 13.0. The highest BCUT2D eigenvalue weighted by Gasteiger charge is 2.52. The molecular formula is C19H16BrN3O2S. The minimum Gasteiger partial charge on any atom is -0.356 e. The maximum absolute atomic E-state index is 13.0. The van der Waals surface area contributed by atoms with Gasteiger partial charge in [0.05, 0.1) is 3.79 Å². The highest BCUT2D eigenvalue weighted by atomic mass is 79.9. The predicted molar refractivity (Wildman–Crippen MR) is 104 cm³/mol. The van der Waals surface area contributed by atoms with Crippen molar-refractivity contribution in [2.24, 2.45) is 0 Å². The number of para-hydroxylation sites is 1. The van der Waals surface area contributed by atoms with E-state index in [1.807, 2.05) is 37.3 Å². The number of aromatic amines is 1. The fourth-order valence-electron chi connectivity index (χ4n) is 4.19. The zero-order chi connectivity index (χ0) is 18.0. The molecule has 1 N–H and O–H groups in total. The molecule has 5 rings (SSSR count). The molecule has 0 aliphatic carbocycles. The molecule has 1 saturated heterocycles. The predicted octanol–water partition coefficient (Wildman–Crippen LogP) is 4.29. The Morgan fingerprint density at radius 1 is 1.23 bits per heavy atom. The number of amides is 3. The summed E-state index contributed by atoms with van der Waals surface area (Å²) < 4.78 is 1.01. The second-order valence-electron chi connectivity index (χ2n) is 6.60. The number of hydrogen-bond donors (Lipinski definition) is 1. The first-order valence-corrected chi connectivity index (χ1v) is 10.2. The summed E-state index contributed by atoms with van der Waals surface area (Å²) in [6.45, 7) is 2.25. The van der Waals surface area contributed by atoms with E-state index in [0.717, 1.165) is 30.8 Å². The first-order valence-electron chi connectivity index (χ1n) is 8.58. The quantitative estimate of drug-likeness (QED) is 0.617. The van der Waals surface area contributed by atoms with E-state index in [1.54, 1.807) is 16.2 Å². The van der Waals surface area contributed by atoms with Crippen LogP contribution >= 0.6 is 27.3 Å². The number of thiophene rings is 1. The number of halogens is 1. The molecule has 1 fully saturated rings. The summed E-state index contributed by atoms with van der Waals surface area (Å²) in [4.78, 5) is 33.6. The van der Waals surface area contributed by atoms with Crippen LogP contribution in [0.25, 0.3) is 10.9 Å². The number of carbonyl (C=O) groups is 2. The Morgan fingerprint density at radius 2 is 2.04 bits per heavy atom. The molecule has 5 nitrogen and oxygen atoms in total. The molecule has 4 heterocycles. The molecule has 3 aromatic rings. The average molecular weight is 430 g/mol. The summed E-state index contributed by atoms with van der Waals surface area (Å²) in [6, 6.07) is 11.3. The molecule has 132 valence electrons. The van der Waals surface area contributed by atoms with Gasteiger partial charge in [-0.05, 0) is 46.6 Å². The summed E-state index contributed by atoms with van der Waals surface area (Å²) in [5.74, 6) is -0.0888. The first kappa shape index (κ1) is 16.1. The number of carbonyl (C=O) groups excluding carboxylic acids is 2. The number of fused-ring (bicyclic) bond motifs is 4. The molecule has 0 spiro atoms. The zero-order valence-electron chi connectivity index (χ0n) is 14.0. The highest BCUT2D eigenvalue weighted by Crippen LogP contribution is 2.45. The Hall–Kier alpha value is -2.12. The van der Waals surface area contributed by atoms with Crippen LogP contribution in [0.5, 0.6) is 0 Å². The van der Waals surface area contributed by atoms with Gasteiger partial charge in [-0.25, -0.2) is 4.79 Å². The summed E-state index contributed by atoms with van der Waals surface area (Å²) in [5.41, 5.74) is 3.22. The van der Waals surface area contributed by atoms with Crippen molar-refractivity contribution in [3.05, 3.63) is 56.3 Å². The van der Waals surface area contributed by atoms with E-state index < -0.39 is 6.04 Å².